The number of rotatable bonds is 5. The van der Waals surface area contributed by atoms with Crippen molar-refractivity contribution in [1.29, 1.82) is 0 Å². The molecule has 1 saturated carbocycles. The van der Waals surface area contributed by atoms with E-state index in [2.05, 4.69) is 5.32 Å². The van der Waals surface area contributed by atoms with E-state index < -0.39 is 0 Å². The van der Waals surface area contributed by atoms with Gasteiger partial charge in [-0.15, -0.1) is 0 Å². The minimum Gasteiger partial charge on any atom is -0.469 e. The van der Waals surface area contributed by atoms with Crippen LogP contribution in [0.2, 0.25) is 0 Å². The molecule has 0 saturated heterocycles. The molecule has 1 aromatic carbocycles. The van der Waals surface area contributed by atoms with Crippen LogP contribution in [0.3, 0.4) is 0 Å². The third kappa shape index (κ3) is 4.34. The van der Waals surface area contributed by atoms with Crippen LogP contribution in [0.15, 0.2) is 30.3 Å². The summed E-state index contributed by atoms with van der Waals surface area (Å²) < 4.78 is 4.95. The molecule has 20 heavy (non-hydrogen) atoms. The van der Waals surface area contributed by atoms with Gasteiger partial charge in [0, 0.05) is 12.6 Å². The van der Waals surface area contributed by atoms with Gasteiger partial charge in [-0.05, 0) is 18.4 Å². The second kappa shape index (κ2) is 8.05. The van der Waals surface area contributed by atoms with E-state index in [-0.39, 0.29) is 11.9 Å². The van der Waals surface area contributed by atoms with Gasteiger partial charge in [0.2, 0.25) is 0 Å². The highest BCUT2D eigenvalue weighted by molar-refractivity contribution is 5.78. The molecule has 0 aromatic heterocycles. The summed E-state index contributed by atoms with van der Waals surface area (Å²) in [4.78, 5) is 12.0. The second-order valence-corrected chi connectivity index (χ2v) is 5.58. The lowest BCUT2D eigenvalue weighted by atomic mass is 9.98. The molecule has 1 aliphatic carbocycles. The van der Waals surface area contributed by atoms with Crippen molar-refractivity contribution >= 4 is 5.97 Å². The number of carbonyl (C=O) groups excluding carboxylic acids is 1. The zero-order valence-corrected chi connectivity index (χ0v) is 12.3. The van der Waals surface area contributed by atoms with Crippen LogP contribution in [0, 0.1) is 0 Å². The van der Waals surface area contributed by atoms with Crippen molar-refractivity contribution in [3.05, 3.63) is 35.9 Å². The summed E-state index contributed by atoms with van der Waals surface area (Å²) in [6.45, 7) is 0.668. The molecule has 0 spiro atoms. The lowest BCUT2D eigenvalue weighted by molar-refractivity contribution is -0.142. The molecule has 3 nitrogen and oxygen atoms in total. The molecule has 1 aromatic rings. The van der Waals surface area contributed by atoms with E-state index in [1.54, 1.807) is 0 Å². The van der Waals surface area contributed by atoms with E-state index in [4.69, 9.17) is 4.74 Å². The third-order valence-corrected chi connectivity index (χ3v) is 4.15. The topological polar surface area (TPSA) is 38.3 Å². The number of benzene rings is 1. The molecular formula is C17H25NO2. The van der Waals surface area contributed by atoms with Crippen molar-refractivity contribution in [3.63, 3.8) is 0 Å². The molecule has 3 heteroatoms. The number of ether oxygens (including phenoxy) is 1. The Morgan fingerprint density at radius 1 is 1.20 bits per heavy atom. The van der Waals surface area contributed by atoms with Gasteiger partial charge in [-0.3, -0.25) is 4.79 Å². The SMILES string of the molecule is COC(=O)C(CNC1CCCCCC1)c1ccccc1. The number of hydrogen-bond donors (Lipinski definition) is 1. The molecule has 2 rings (SSSR count). The largest absolute Gasteiger partial charge is 0.469 e. The lowest BCUT2D eigenvalue weighted by Gasteiger charge is -2.21. The summed E-state index contributed by atoms with van der Waals surface area (Å²) in [5, 5.41) is 3.57. The van der Waals surface area contributed by atoms with Crippen LogP contribution in [0.5, 0.6) is 0 Å². The molecule has 0 heterocycles. The molecule has 1 fully saturated rings. The highest BCUT2D eigenvalue weighted by atomic mass is 16.5. The smallest absolute Gasteiger partial charge is 0.314 e. The minimum atomic E-state index is -0.204. The quantitative estimate of drug-likeness (QED) is 0.662. The first-order chi connectivity index (χ1) is 9.81. The van der Waals surface area contributed by atoms with Crippen LogP contribution in [0.25, 0.3) is 0 Å². The van der Waals surface area contributed by atoms with Crippen LogP contribution in [-0.2, 0) is 9.53 Å². The molecule has 1 atom stereocenters. The summed E-state index contributed by atoms with van der Waals surface area (Å²) in [6.07, 6.45) is 7.73. The molecule has 1 aliphatic rings. The van der Waals surface area contributed by atoms with Crippen molar-refractivity contribution in [2.45, 2.75) is 50.5 Å². The fraction of sp³-hybridized carbons (Fsp3) is 0.588. The Kier molecular flexibility index (Phi) is 6.06. The lowest BCUT2D eigenvalue weighted by Crippen LogP contribution is -2.35. The standard InChI is InChI=1S/C17H25NO2/c1-20-17(19)16(14-9-5-4-6-10-14)13-18-15-11-7-2-3-8-12-15/h4-6,9-10,15-16,18H,2-3,7-8,11-13H2,1H3. The van der Waals surface area contributed by atoms with Crippen molar-refractivity contribution in [1.82, 2.24) is 5.32 Å². The van der Waals surface area contributed by atoms with Crippen LogP contribution in [0.1, 0.15) is 50.0 Å². The van der Waals surface area contributed by atoms with Crippen LogP contribution < -0.4 is 5.32 Å². The van der Waals surface area contributed by atoms with Gasteiger partial charge in [0.25, 0.3) is 0 Å². The van der Waals surface area contributed by atoms with Gasteiger partial charge in [0.15, 0.2) is 0 Å². The highest BCUT2D eigenvalue weighted by Gasteiger charge is 2.22. The second-order valence-electron chi connectivity index (χ2n) is 5.58. The fourth-order valence-corrected chi connectivity index (χ4v) is 2.93. The average molecular weight is 275 g/mol. The van der Waals surface area contributed by atoms with Crippen molar-refractivity contribution in [3.8, 4) is 0 Å². The Balaban J connectivity index is 1.95. The van der Waals surface area contributed by atoms with E-state index in [9.17, 15) is 4.79 Å². The predicted molar refractivity (Wildman–Crippen MR) is 80.7 cm³/mol. The predicted octanol–water partition coefficient (Wildman–Crippen LogP) is 3.26. The normalized spacial score (nSPS) is 18.2. The van der Waals surface area contributed by atoms with Crippen LogP contribution in [0.4, 0.5) is 0 Å². The zero-order chi connectivity index (χ0) is 14.2. The molecule has 0 bridgehead atoms. The van der Waals surface area contributed by atoms with Crippen molar-refractivity contribution in [2.24, 2.45) is 0 Å². The summed E-state index contributed by atoms with van der Waals surface area (Å²) >= 11 is 0. The Bertz CT molecular complexity index is 397. The van der Waals surface area contributed by atoms with Crippen molar-refractivity contribution < 1.29 is 9.53 Å². The maximum atomic E-state index is 12.0. The number of esters is 1. The van der Waals surface area contributed by atoms with Crippen LogP contribution in [-0.4, -0.2) is 25.7 Å². The summed E-state index contributed by atoms with van der Waals surface area (Å²) in [6, 6.07) is 10.4. The van der Waals surface area contributed by atoms with E-state index in [1.165, 1.54) is 45.6 Å². The van der Waals surface area contributed by atoms with Crippen LogP contribution >= 0.6 is 0 Å². The van der Waals surface area contributed by atoms with E-state index in [1.807, 2.05) is 30.3 Å². The summed E-state index contributed by atoms with van der Waals surface area (Å²) in [7, 11) is 1.46. The fourth-order valence-electron chi connectivity index (χ4n) is 2.93. The van der Waals surface area contributed by atoms with Gasteiger partial charge in [-0.2, -0.15) is 0 Å². The maximum absolute atomic E-state index is 12.0. The molecule has 1 unspecified atom stereocenters. The Labute approximate surface area is 121 Å². The summed E-state index contributed by atoms with van der Waals surface area (Å²) in [5.41, 5.74) is 1.03. The Hall–Kier alpha value is -1.35. The molecular weight excluding hydrogens is 250 g/mol. The molecule has 1 N–H and O–H groups in total. The van der Waals surface area contributed by atoms with Gasteiger partial charge in [-0.25, -0.2) is 0 Å². The van der Waals surface area contributed by atoms with Gasteiger partial charge in [0.05, 0.1) is 13.0 Å². The first-order valence-electron chi connectivity index (χ1n) is 7.67. The maximum Gasteiger partial charge on any atom is 0.314 e. The van der Waals surface area contributed by atoms with Gasteiger partial charge in [0.1, 0.15) is 0 Å². The van der Waals surface area contributed by atoms with E-state index in [0.29, 0.717) is 12.6 Å². The van der Waals surface area contributed by atoms with Gasteiger partial charge in [-0.1, -0.05) is 56.0 Å². The first-order valence-corrected chi connectivity index (χ1v) is 7.67. The third-order valence-electron chi connectivity index (χ3n) is 4.15. The van der Waals surface area contributed by atoms with E-state index >= 15 is 0 Å². The minimum absolute atomic E-state index is 0.155. The number of carbonyl (C=O) groups is 1. The molecule has 0 amide bonds. The van der Waals surface area contributed by atoms with Gasteiger partial charge < -0.3 is 10.1 Å². The van der Waals surface area contributed by atoms with E-state index in [0.717, 1.165) is 5.56 Å². The molecule has 0 aliphatic heterocycles. The van der Waals surface area contributed by atoms with Crippen molar-refractivity contribution in [2.75, 3.05) is 13.7 Å². The number of nitrogens with one attached hydrogen (secondary N) is 1. The first kappa shape index (κ1) is 15.0. The Morgan fingerprint density at radius 3 is 2.45 bits per heavy atom. The summed E-state index contributed by atoms with van der Waals surface area (Å²) in [5.74, 6) is -0.359. The molecule has 0 radical (unpaired) electrons. The number of hydrogen-bond acceptors (Lipinski definition) is 3. The monoisotopic (exact) mass is 275 g/mol. The Morgan fingerprint density at radius 2 is 1.85 bits per heavy atom. The zero-order valence-electron chi connectivity index (χ0n) is 12.3. The molecule has 110 valence electrons. The highest BCUT2D eigenvalue weighted by Crippen LogP contribution is 2.20. The van der Waals surface area contributed by atoms with Gasteiger partial charge >= 0.3 is 5.97 Å². The number of methoxy groups -OCH3 is 1. The average Bonchev–Trinajstić information content (AvgIpc) is 2.77.